The van der Waals surface area contributed by atoms with Gasteiger partial charge in [-0.25, -0.2) is 4.98 Å². The van der Waals surface area contributed by atoms with E-state index in [-0.39, 0.29) is 6.42 Å². The van der Waals surface area contributed by atoms with Crippen LogP contribution in [0.5, 0.6) is 0 Å². The van der Waals surface area contributed by atoms with Crippen LogP contribution in [0.15, 0.2) is 0 Å². The largest absolute Gasteiger partial charge is 0.481 e. The fourth-order valence-electron chi connectivity index (χ4n) is 2.04. The van der Waals surface area contributed by atoms with Crippen molar-refractivity contribution in [3.63, 3.8) is 0 Å². The molecule has 0 spiro atoms. The van der Waals surface area contributed by atoms with E-state index in [4.69, 9.17) is 9.84 Å². The molecule has 5 nitrogen and oxygen atoms in total. The van der Waals surface area contributed by atoms with E-state index in [1.54, 1.807) is 18.4 Å². The maximum Gasteiger partial charge on any atom is 0.304 e. The molecule has 1 aliphatic heterocycles. The van der Waals surface area contributed by atoms with E-state index in [2.05, 4.69) is 9.88 Å². The van der Waals surface area contributed by atoms with Crippen molar-refractivity contribution in [2.45, 2.75) is 25.8 Å². The zero-order valence-corrected chi connectivity index (χ0v) is 11.3. The van der Waals surface area contributed by atoms with Gasteiger partial charge in [0.15, 0.2) is 0 Å². The van der Waals surface area contributed by atoms with Crippen molar-refractivity contribution in [3.05, 3.63) is 15.6 Å². The summed E-state index contributed by atoms with van der Waals surface area (Å²) in [6, 6.07) is 0. The number of hydrogen-bond donors (Lipinski definition) is 1. The number of rotatable bonds is 6. The van der Waals surface area contributed by atoms with Crippen molar-refractivity contribution in [2.24, 2.45) is 0 Å². The first-order valence-corrected chi connectivity index (χ1v) is 6.91. The summed E-state index contributed by atoms with van der Waals surface area (Å²) in [6.45, 7) is 3.08. The average molecular weight is 270 g/mol. The molecule has 0 aromatic carbocycles. The minimum atomic E-state index is -0.731. The van der Waals surface area contributed by atoms with Crippen LogP contribution in [0.1, 0.15) is 22.0 Å². The molecule has 100 valence electrons. The van der Waals surface area contributed by atoms with E-state index in [0.717, 1.165) is 30.9 Å². The lowest BCUT2D eigenvalue weighted by Gasteiger charge is -2.24. The highest BCUT2D eigenvalue weighted by molar-refractivity contribution is 7.11. The second kappa shape index (κ2) is 6.26. The lowest BCUT2D eigenvalue weighted by atomic mass is 10.1. The molecule has 1 N–H and O–H groups in total. The molecule has 0 saturated heterocycles. The number of hydrogen-bond acceptors (Lipinski definition) is 5. The van der Waals surface area contributed by atoms with Crippen LogP contribution in [0.2, 0.25) is 0 Å². The summed E-state index contributed by atoms with van der Waals surface area (Å²) in [7, 11) is 1.70. The summed E-state index contributed by atoms with van der Waals surface area (Å²) in [5.74, 6) is -0.731. The van der Waals surface area contributed by atoms with Crippen LogP contribution >= 0.6 is 11.3 Å². The van der Waals surface area contributed by atoms with Gasteiger partial charge in [-0.1, -0.05) is 0 Å². The molecule has 2 heterocycles. The van der Waals surface area contributed by atoms with E-state index < -0.39 is 5.97 Å². The van der Waals surface area contributed by atoms with E-state index in [9.17, 15) is 4.79 Å². The fourth-order valence-corrected chi connectivity index (χ4v) is 3.18. The quantitative estimate of drug-likeness (QED) is 0.840. The number of thiazole rings is 1. The molecule has 0 atom stereocenters. The predicted molar refractivity (Wildman–Crippen MR) is 68.9 cm³/mol. The van der Waals surface area contributed by atoms with Gasteiger partial charge in [0.1, 0.15) is 0 Å². The minimum Gasteiger partial charge on any atom is -0.481 e. The van der Waals surface area contributed by atoms with Crippen LogP contribution in [0.4, 0.5) is 0 Å². The van der Waals surface area contributed by atoms with Gasteiger partial charge in [0.05, 0.1) is 23.7 Å². The molecule has 18 heavy (non-hydrogen) atoms. The van der Waals surface area contributed by atoms with E-state index in [1.807, 2.05) is 0 Å². The number of ether oxygens (including phenoxy) is 1. The number of carbonyl (C=O) groups is 1. The van der Waals surface area contributed by atoms with Gasteiger partial charge in [0.25, 0.3) is 0 Å². The fraction of sp³-hybridized carbons (Fsp3) is 0.667. The molecule has 1 aliphatic rings. The van der Waals surface area contributed by atoms with Crippen molar-refractivity contribution in [1.82, 2.24) is 9.88 Å². The molecule has 2 rings (SSSR count). The molecule has 0 fully saturated rings. The molecular weight excluding hydrogens is 252 g/mol. The van der Waals surface area contributed by atoms with Crippen LogP contribution in [-0.4, -0.2) is 47.8 Å². The van der Waals surface area contributed by atoms with E-state index in [0.29, 0.717) is 13.2 Å². The second-order valence-electron chi connectivity index (χ2n) is 4.39. The average Bonchev–Trinajstić information content (AvgIpc) is 2.75. The number of aliphatic carboxylic acids is 1. The third-order valence-corrected chi connectivity index (χ3v) is 4.16. The zero-order chi connectivity index (χ0) is 13.0. The van der Waals surface area contributed by atoms with Crippen molar-refractivity contribution in [1.29, 1.82) is 0 Å². The van der Waals surface area contributed by atoms with Gasteiger partial charge in [-0.15, -0.1) is 11.3 Å². The lowest BCUT2D eigenvalue weighted by Crippen LogP contribution is -2.31. The molecule has 0 aliphatic carbocycles. The summed E-state index contributed by atoms with van der Waals surface area (Å²) in [5.41, 5.74) is 1.19. The Morgan fingerprint density at radius 1 is 1.61 bits per heavy atom. The highest BCUT2D eigenvalue weighted by atomic mass is 32.1. The highest BCUT2D eigenvalue weighted by Crippen LogP contribution is 2.25. The van der Waals surface area contributed by atoms with Crippen molar-refractivity contribution >= 4 is 17.3 Å². The van der Waals surface area contributed by atoms with Crippen LogP contribution in [-0.2, 0) is 28.9 Å². The number of methoxy groups -OCH3 is 1. The Balaban J connectivity index is 1.92. The van der Waals surface area contributed by atoms with Crippen LogP contribution < -0.4 is 0 Å². The van der Waals surface area contributed by atoms with Crippen molar-refractivity contribution in [2.75, 3.05) is 26.8 Å². The Morgan fingerprint density at radius 3 is 3.17 bits per heavy atom. The monoisotopic (exact) mass is 270 g/mol. The first-order chi connectivity index (χ1) is 8.69. The number of nitrogens with zero attached hydrogens (tertiary/aromatic N) is 2. The van der Waals surface area contributed by atoms with Gasteiger partial charge in [0.2, 0.25) is 0 Å². The van der Waals surface area contributed by atoms with Crippen LogP contribution in [0.3, 0.4) is 0 Å². The van der Waals surface area contributed by atoms with E-state index >= 15 is 0 Å². The molecule has 1 aromatic heterocycles. The number of aromatic nitrogens is 1. The van der Waals surface area contributed by atoms with Gasteiger partial charge in [-0.2, -0.15) is 0 Å². The van der Waals surface area contributed by atoms with Gasteiger partial charge < -0.3 is 9.84 Å². The van der Waals surface area contributed by atoms with Gasteiger partial charge in [-0.05, 0) is 0 Å². The summed E-state index contributed by atoms with van der Waals surface area (Å²) < 4.78 is 5.05. The molecule has 0 saturated carbocycles. The third-order valence-electron chi connectivity index (χ3n) is 3.02. The van der Waals surface area contributed by atoms with Crippen LogP contribution in [0, 0.1) is 0 Å². The predicted octanol–water partition coefficient (Wildman–Crippen LogP) is 1.16. The summed E-state index contributed by atoms with van der Waals surface area (Å²) in [4.78, 5) is 18.7. The summed E-state index contributed by atoms with van der Waals surface area (Å²) in [6.07, 6.45) is 2.01. The van der Waals surface area contributed by atoms with Gasteiger partial charge in [0, 0.05) is 44.5 Å². The maximum atomic E-state index is 10.6. The molecule has 0 amide bonds. The third kappa shape index (κ3) is 3.51. The number of carboxylic acids is 1. The minimum absolute atomic E-state index is 0.213. The normalized spacial score (nSPS) is 15.6. The number of carboxylic acid groups (broad SMARTS) is 1. The Morgan fingerprint density at radius 2 is 2.44 bits per heavy atom. The topological polar surface area (TPSA) is 62.7 Å². The molecule has 0 radical (unpaired) electrons. The Hall–Kier alpha value is -0.980. The Kier molecular flexibility index (Phi) is 4.68. The summed E-state index contributed by atoms with van der Waals surface area (Å²) in [5, 5.41) is 9.82. The van der Waals surface area contributed by atoms with Crippen molar-refractivity contribution in [3.8, 4) is 0 Å². The summed E-state index contributed by atoms with van der Waals surface area (Å²) >= 11 is 1.73. The molecule has 0 unspecified atom stereocenters. The van der Waals surface area contributed by atoms with Gasteiger partial charge >= 0.3 is 5.97 Å². The van der Waals surface area contributed by atoms with Crippen molar-refractivity contribution < 1.29 is 14.6 Å². The first-order valence-electron chi connectivity index (χ1n) is 6.09. The van der Waals surface area contributed by atoms with Gasteiger partial charge in [-0.3, -0.25) is 9.69 Å². The Bertz CT molecular complexity index is 419. The van der Waals surface area contributed by atoms with E-state index in [1.165, 1.54) is 10.6 Å². The zero-order valence-electron chi connectivity index (χ0n) is 10.5. The molecule has 6 heteroatoms. The highest BCUT2D eigenvalue weighted by Gasteiger charge is 2.20. The lowest BCUT2D eigenvalue weighted by molar-refractivity contribution is -0.137. The molecule has 0 bridgehead atoms. The maximum absolute atomic E-state index is 10.6. The first kappa shape index (κ1) is 13.5. The number of fused-ring (bicyclic) bond motifs is 1. The Labute approximate surface area is 110 Å². The molecule has 1 aromatic rings. The smallest absolute Gasteiger partial charge is 0.304 e. The second-order valence-corrected chi connectivity index (χ2v) is 5.56. The standard InChI is InChI=1S/C12H18N2O3S/c1-17-7-4-11-13-9-2-5-14(6-3-12(15)16)8-10(9)18-11/h2-8H2,1H3,(H,15,16). The SMILES string of the molecule is COCCc1nc2c(s1)CN(CCC(=O)O)CC2. The molecular formula is C12H18N2O3S. The van der Waals surface area contributed by atoms with Crippen LogP contribution in [0.25, 0.3) is 0 Å².